The molecule has 2 amide bonds. The highest BCUT2D eigenvalue weighted by Crippen LogP contribution is 2.32. The molecule has 0 aromatic carbocycles. The molecule has 0 saturated carbocycles. The highest BCUT2D eigenvalue weighted by molar-refractivity contribution is 5.92. The highest BCUT2D eigenvalue weighted by atomic mass is 16.5. The van der Waals surface area contributed by atoms with Gasteiger partial charge in [0.25, 0.3) is 5.89 Å². The van der Waals surface area contributed by atoms with Gasteiger partial charge in [-0.2, -0.15) is 10.2 Å². The normalized spacial score (nSPS) is 17.4. The minimum Gasteiger partial charge on any atom is -0.459 e. The first kappa shape index (κ1) is 22.7. The number of furan rings is 1. The van der Waals surface area contributed by atoms with Crippen LogP contribution in [-0.2, 0) is 9.59 Å². The lowest BCUT2D eigenvalue weighted by Gasteiger charge is -2.36. The van der Waals surface area contributed by atoms with Crippen LogP contribution in [0.1, 0.15) is 37.1 Å². The summed E-state index contributed by atoms with van der Waals surface area (Å²) in [5, 5.41) is 16.1. The van der Waals surface area contributed by atoms with Gasteiger partial charge in [-0.05, 0) is 44.7 Å². The SMILES string of the molecule is Cc1cc(NC(=O)C2CCN(C(=O)C3CCN(c4oc(-c5ccco5)nc4C#N)CC3)CC2)no1. The van der Waals surface area contributed by atoms with Gasteiger partial charge in [0, 0.05) is 44.1 Å². The highest BCUT2D eigenvalue weighted by Gasteiger charge is 2.34. The topological polar surface area (TPSA) is 142 Å². The van der Waals surface area contributed by atoms with Crippen LogP contribution in [0, 0.1) is 30.1 Å². The van der Waals surface area contributed by atoms with E-state index in [4.69, 9.17) is 13.4 Å². The van der Waals surface area contributed by atoms with E-state index in [1.165, 1.54) is 6.26 Å². The molecule has 3 aromatic rings. The molecule has 2 aliphatic heterocycles. The number of carbonyl (C=O) groups excluding carboxylic acids is 2. The van der Waals surface area contributed by atoms with E-state index in [9.17, 15) is 14.9 Å². The zero-order valence-electron chi connectivity index (χ0n) is 19.4. The minimum absolute atomic E-state index is 0.0898. The molecule has 0 bridgehead atoms. The second kappa shape index (κ2) is 9.66. The number of aromatic nitrogens is 2. The molecule has 0 radical (unpaired) electrons. The fraction of sp³-hybridized carbons (Fsp3) is 0.458. The van der Waals surface area contributed by atoms with Gasteiger partial charge in [0.1, 0.15) is 11.8 Å². The molecule has 3 aromatic heterocycles. The molecular weight excluding hydrogens is 452 g/mol. The predicted molar refractivity (Wildman–Crippen MR) is 123 cm³/mol. The predicted octanol–water partition coefficient (Wildman–Crippen LogP) is 3.20. The van der Waals surface area contributed by atoms with E-state index < -0.39 is 0 Å². The molecular formula is C24H26N6O5. The van der Waals surface area contributed by atoms with Crippen LogP contribution in [0.3, 0.4) is 0 Å². The van der Waals surface area contributed by atoms with Crippen LogP contribution in [0.2, 0.25) is 0 Å². The van der Waals surface area contributed by atoms with E-state index in [-0.39, 0.29) is 35.2 Å². The lowest BCUT2D eigenvalue weighted by molar-refractivity contribution is -0.139. The Hall–Kier alpha value is -4.07. The molecule has 0 unspecified atom stereocenters. The Morgan fingerprint density at radius 3 is 2.51 bits per heavy atom. The molecule has 11 nitrogen and oxygen atoms in total. The quantitative estimate of drug-likeness (QED) is 0.585. The number of aryl methyl sites for hydroxylation is 1. The maximum atomic E-state index is 13.1. The van der Waals surface area contributed by atoms with Gasteiger partial charge in [-0.3, -0.25) is 9.59 Å². The van der Waals surface area contributed by atoms with Crippen molar-refractivity contribution in [3.8, 4) is 17.7 Å². The molecule has 182 valence electrons. The summed E-state index contributed by atoms with van der Waals surface area (Å²) in [6, 6.07) is 7.22. The lowest BCUT2D eigenvalue weighted by Crippen LogP contribution is -2.46. The first-order chi connectivity index (χ1) is 17.0. The molecule has 0 atom stereocenters. The van der Waals surface area contributed by atoms with Crippen molar-refractivity contribution in [2.24, 2.45) is 11.8 Å². The van der Waals surface area contributed by atoms with Crippen molar-refractivity contribution in [3.63, 3.8) is 0 Å². The summed E-state index contributed by atoms with van der Waals surface area (Å²) in [6.45, 7) is 4.06. The maximum Gasteiger partial charge on any atom is 0.266 e. The standard InChI is InChI=1S/C24H26N6O5/c1-15-13-20(28-35-15)27-21(31)16-4-8-29(9-5-16)23(32)17-6-10-30(11-7-17)24-18(14-25)26-22(34-24)19-3-2-12-33-19/h2-3,12-13,16-17H,4-11H2,1H3,(H,27,28,31). The van der Waals surface area contributed by atoms with E-state index in [1.54, 1.807) is 25.1 Å². The van der Waals surface area contributed by atoms with E-state index in [0.717, 1.165) is 0 Å². The average Bonchev–Trinajstić information content (AvgIpc) is 3.65. The molecule has 11 heteroatoms. The van der Waals surface area contributed by atoms with E-state index in [0.29, 0.717) is 75.1 Å². The van der Waals surface area contributed by atoms with Crippen molar-refractivity contribution < 1.29 is 22.9 Å². The summed E-state index contributed by atoms with van der Waals surface area (Å²) in [6.07, 6.45) is 4.08. The second-order valence-corrected chi connectivity index (χ2v) is 8.93. The molecule has 1 N–H and O–H groups in total. The number of anilines is 2. The van der Waals surface area contributed by atoms with Gasteiger partial charge in [0.05, 0.1) is 6.26 Å². The molecule has 2 aliphatic rings. The minimum atomic E-state index is -0.155. The molecule has 5 rings (SSSR count). The number of rotatable bonds is 5. The van der Waals surface area contributed by atoms with E-state index >= 15 is 0 Å². The van der Waals surface area contributed by atoms with E-state index in [1.807, 2.05) is 9.80 Å². The zero-order chi connectivity index (χ0) is 24.4. The lowest BCUT2D eigenvalue weighted by atomic mass is 9.91. The van der Waals surface area contributed by atoms with Crippen molar-refractivity contribution in [1.82, 2.24) is 15.0 Å². The summed E-state index contributed by atoms with van der Waals surface area (Å²) in [7, 11) is 0. The molecule has 2 fully saturated rings. The first-order valence-electron chi connectivity index (χ1n) is 11.7. The van der Waals surface area contributed by atoms with Crippen LogP contribution in [0.25, 0.3) is 11.7 Å². The van der Waals surface area contributed by atoms with E-state index in [2.05, 4.69) is 21.5 Å². The van der Waals surface area contributed by atoms with Crippen molar-refractivity contribution in [3.05, 3.63) is 35.9 Å². The molecule has 0 spiro atoms. The van der Waals surface area contributed by atoms with Crippen LogP contribution in [0.4, 0.5) is 11.7 Å². The summed E-state index contributed by atoms with van der Waals surface area (Å²) in [4.78, 5) is 33.7. The van der Waals surface area contributed by atoms with Crippen LogP contribution in [-0.4, -0.2) is 53.0 Å². The smallest absolute Gasteiger partial charge is 0.266 e. The first-order valence-corrected chi connectivity index (χ1v) is 11.7. The number of nitriles is 1. The second-order valence-electron chi connectivity index (χ2n) is 8.93. The Kier molecular flexibility index (Phi) is 6.27. The summed E-state index contributed by atoms with van der Waals surface area (Å²) in [5.41, 5.74) is 0.210. The van der Waals surface area contributed by atoms with Crippen molar-refractivity contribution in [2.75, 3.05) is 36.4 Å². The van der Waals surface area contributed by atoms with Gasteiger partial charge in [-0.15, -0.1) is 0 Å². The summed E-state index contributed by atoms with van der Waals surface area (Å²) >= 11 is 0. The zero-order valence-corrected chi connectivity index (χ0v) is 19.4. The Labute approximate surface area is 201 Å². The number of hydrogen-bond donors (Lipinski definition) is 1. The number of hydrogen-bond acceptors (Lipinski definition) is 9. The third-order valence-corrected chi connectivity index (χ3v) is 6.64. The number of amides is 2. The number of oxazole rings is 1. The number of piperidine rings is 2. The Balaban J connectivity index is 1.13. The van der Waals surface area contributed by atoms with Crippen molar-refractivity contribution in [2.45, 2.75) is 32.6 Å². The number of likely N-dealkylation sites (tertiary alicyclic amines) is 1. The monoisotopic (exact) mass is 478 g/mol. The Bertz CT molecular complexity index is 1220. The van der Waals surface area contributed by atoms with Gasteiger partial charge >= 0.3 is 0 Å². The van der Waals surface area contributed by atoms with Crippen LogP contribution in [0.15, 0.2) is 37.8 Å². The fourth-order valence-electron chi connectivity index (χ4n) is 4.71. The number of nitrogens with one attached hydrogen (secondary N) is 1. The fourth-order valence-corrected chi connectivity index (χ4v) is 4.71. The Morgan fingerprint density at radius 2 is 1.89 bits per heavy atom. The van der Waals surface area contributed by atoms with Gasteiger partial charge in [0.15, 0.2) is 11.6 Å². The third kappa shape index (κ3) is 4.77. The van der Waals surface area contributed by atoms with Gasteiger partial charge < -0.3 is 28.5 Å². The van der Waals surface area contributed by atoms with Crippen LogP contribution in [0.5, 0.6) is 0 Å². The molecule has 2 saturated heterocycles. The average molecular weight is 479 g/mol. The summed E-state index contributed by atoms with van der Waals surface area (Å²) in [5.74, 6) is 2.00. The molecule has 35 heavy (non-hydrogen) atoms. The van der Waals surface area contributed by atoms with Crippen LogP contribution < -0.4 is 10.2 Å². The third-order valence-electron chi connectivity index (χ3n) is 6.64. The van der Waals surface area contributed by atoms with Crippen molar-refractivity contribution in [1.29, 1.82) is 5.26 Å². The van der Waals surface area contributed by atoms with Gasteiger partial charge in [0.2, 0.25) is 23.4 Å². The van der Waals surface area contributed by atoms with Crippen LogP contribution >= 0.6 is 0 Å². The molecule has 5 heterocycles. The van der Waals surface area contributed by atoms with Gasteiger partial charge in [-0.25, -0.2) is 0 Å². The maximum absolute atomic E-state index is 13.1. The largest absolute Gasteiger partial charge is 0.459 e. The number of nitrogens with zero attached hydrogens (tertiary/aromatic N) is 5. The summed E-state index contributed by atoms with van der Waals surface area (Å²) < 4.78 is 16.1. The van der Waals surface area contributed by atoms with Crippen molar-refractivity contribution >= 4 is 23.5 Å². The molecule has 0 aliphatic carbocycles. The Morgan fingerprint density at radius 1 is 1.14 bits per heavy atom. The number of carbonyl (C=O) groups is 2. The van der Waals surface area contributed by atoms with Gasteiger partial charge in [-0.1, -0.05) is 5.16 Å².